The van der Waals surface area contributed by atoms with Gasteiger partial charge in [-0.3, -0.25) is 14.9 Å². The summed E-state index contributed by atoms with van der Waals surface area (Å²) in [7, 11) is 0. The Morgan fingerprint density at radius 1 is 1.05 bits per heavy atom. The SMILES string of the molecule is Nc1c2c(nc(=O)n1-c1ccccc1)C(=O)NC2=O. The first-order valence-corrected chi connectivity index (χ1v) is 5.43. The number of imide groups is 1. The molecule has 2 aromatic rings. The summed E-state index contributed by atoms with van der Waals surface area (Å²) in [5, 5.41) is 2.06. The highest BCUT2D eigenvalue weighted by atomic mass is 16.2. The second-order valence-corrected chi connectivity index (χ2v) is 3.96. The zero-order valence-corrected chi connectivity index (χ0v) is 9.58. The largest absolute Gasteiger partial charge is 0.384 e. The summed E-state index contributed by atoms with van der Waals surface area (Å²) in [5.74, 6) is -1.44. The predicted octanol–water partition coefficient (Wildman–Crippen LogP) is -0.302. The number of nitrogen functional groups attached to an aromatic ring is 1. The Hall–Kier alpha value is -2.96. The molecule has 0 spiro atoms. The molecule has 0 saturated carbocycles. The molecule has 0 atom stereocenters. The molecule has 1 aliphatic rings. The lowest BCUT2D eigenvalue weighted by Gasteiger charge is -2.10. The molecule has 0 unspecified atom stereocenters. The minimum Gasteiger partial charge on any atom is -0.384 e. The summed E-state index contributed by atoms with van der Waals surface area (Å²) < 4.78 is 1.09. The van der Waals surface area contributed by atoms with E-state index in [1.54, 1.807) is 30.3 Å². The summed E-state index contributed by atoms with van der Waals surface area (Å²) in [6.07, 6.45) is 0. The lowest BCUT2D eigenvalue weighted by Crippen LogP contribution is -2.27. The van der Waals surface area contributed by atoms with Crippen LogP contribution < -0.4 is 16.7 Å². The standard InChI is InChI=1S/C12H8N4O3/c13-9-7-8(11(18)15-10(7)17)14-12(19)16(9)6-4-2-1-3-5-6/h1-5H,13H2,(H,15,17,18). The minimum absolute atomic E-state index is 0.0616. The van der Waals surface area contributed by atoms with E-state index in [9.17, 15) is 14.4 Å². The molecular formula is C12H8N4O3. The average molecular weight is 256 g/mol. The number of para-hydroxylation sites is 1. The van der Waals surface area contributed by atoms with E-state index in [0.29, 0.717) is 5.69 Å². The molecule has 1 aliphatic heterocycles. The summed E-state index contributed by atoms with van der Waals surface area (Å²) in [6, 6.07) is 8.53. The van der Waals surface area contributed by atoms with E-state index in [0.717, 1.165) is 4.57 Å². The van der Waals surface area contributed by atoms with Crippen molar-refractivity contribution < 1.29 is 9.59 Å². The number of anilines is 1. The number of carbonyl (C=O) groups is 2. The lowest BCUT2D eigenvalue weighted by atomic mass is 10.2. The summed E-state index contributed by atoms with van der Waals surface area (Å²) in [5.41, 5.74) is 5.32. The molecular weight excluding hydrogens is 248 g/mol. The molecule has 3 rings (SSSR count). The topological polar surface area (TPSA) is 107 Å². The number of nitrogens with two attached hydrogens (primary N) is 1. The number of carbonyl (C=O) groups excluding carboxylic acids is 2. The van der Waals surface area contributed by atoms with E-state index in [4.69, 9.17) is 5.73 Å². The summed E-state index contributed by atoms with van der Waals surface area (Å²) in [4.78, 5) is 38.6. The van der Waals surface area contributed by atoms with Gasteiger partial charge in [0, 0.05) is 0 Å². The zero-order chi connectivity index (χ0) is 13.6. The number of nitrogens with one attached hydrogen (secondary N) is 1. The second-order valence-electron chi connectivity index (χ2n) is 3.96. The van der Waals surface area contributed by atoms with Gasteiger partial charge in [-0.15, -0.1) is 0 Å². The van der Waals surface area contributed by atoms with Gasteiger partial charge in [-0.25, -0.2) is 9.36 Å². The molecule has 0 bridgehead atoms. The highest BCUT2D eigenvalue weighted by molar-refractivity contribution is 6.22. The van der Waals surface area contributed by atoms with E-state index < -0.39 is 17.5 Å². The van der Waals surface area contributed by atoms with Crippen molar-refractivity contribution in [1.82, 2.24) is 14.9 Å². The van der Waals surface area contributed by atoms with Crippen molar-refractivity contribution in [3.05, 3.63) is 52.1 Å². The van der Waals surface area contributed by atoms with Crippen molar-refractivity contribution in [3.63, 3.8) is 0 Å². The molecule has 1 aromatic carbocycles. The van der Waals surface area contributed by atoms with Crippen LogP contribution in [-0.2, 0) is 0 Å². The van der Waals surface area contributed by atoms with Crippen molar-refractivity contribution >= 4 is 17.6 Å². The fraction of sp³-hybridized carbons (Fsp3) is 0. The smallest absolute Gasteiger partial charge is 0.354 e. The Balaban J connectivity index is 2.36. The van der Waals surface area contributed by atoms with Crippen molar-refractivity contribution in [2.24, 2.45) is 0 Å². The number of hydrogen-bond acceptors (Lipinski definition) is 5. The normalized spacial score (nSPS) is 13.3. The van der Waals surface area contributed by atoms with E-state index in [1.165, 1.54) is 0 Å². The Morgan fingerprint density at radius 3 is 2.42 bits per heavy atom. The third kappa shape index (κ3) is 1.52. The molecule has 7 nitrogen and oxygen atoms in total. The van der Waals surface area contributed by atoms with Gasteiger partial charge in [-0.2, -0.15) is 4.98 Å². The van der Waals surface area contributed by atoms with E-state index in [-0.39, 0.29) is 17.1 Å². The second kappa shape index (κ2) is 3.77. The minimum atomic E-state index is -0.705. The van der Waals surface area contributed by atoms with Crippen molar-refractivity contribution in [1.29, 1.82) is 0 Å². The number of nitrogens with zero attached hydrogens (tertiary/aromatic N) is 2. The number of amides is 2. The molecule has 94 valence electrons. The third-order valence-electron chi connectivity index (χ3n) is 2.82. The number of fused-ring (bicyclic) bond motifs is 1. The summed E-state index contributed by atoms with van der Waals surface area (Å²) >= 11 is 0. The van der Waals surface area contributed by atoms with Crippen LogP contribution >= 0.6 is 0 Å². The van der Waals surface area contributed by atoms with Gasteiger partial charge in [0.15, 0.2) is 5.69 Å². The van der Waals surface area contributed by atoms with Crippen molar-refractivity contribution in [2.75, 3.05) is 5.73 Å². The first-order chi connectivity index (χ1) is 9.09. The van der Waals surface area contributed by atoms with Gasteiger partial charge in [0.05, 0.1) is 5.69 Å². The fourth-order valence-electron chi connectivity index (χ4n) is 1.98. The first-order valence-electron chi connectivity index (χ1n) is 5.43. The molecule has 0 saturated heterocycles. The number of benzene rings is 1. The molecule has 19 heavy (non-hydrogen) atoms. The Bertz CT molecular complexity index is 765. The van der Waals surface area contributed by atoms with E-state index in [1.807, 2.05) is 0 Å². The number of rotatable bonds is 1. The fourth-order valence-corrected chi connectivity index (χ4v) is 1.98. The Labute approximate surface area is 106 Å². The Kier molecular flexibility index (Phi) is 2.21. The van der Waals surface area contributed by atoms with Crippen LogP contribution in [0.1, 0.15) is 20.8 Å². The van der Waals surface area contributed by atoms with E-state index >= 15 is 0 Å². The van der Waals surface area contributed by atoms with Gasteiger partial charge in [0.1, 0.15) is 11.4 Å². The first kappa shape index (κ1) is 11.1. The molecule has 0 aliphatic carbocycles. The van der Waals surface area contributed by atoms with Crippen LogP contribution in [0.25, 0.3) is 5.69 Å². The molecule has 0 fully saturated rings. The molecule has 0 radical (unpaired) electrons. The van der Waals surface area contributed by atoms with Gasteiger partial charge < -0.3 is 5.73 Å². The molecule has 3 N–H and O–H groups in total. The van der Waals surface area contributed by atoms with Crippen LogP contribution in [-0.4, -0.2) is 21.4 Å². The molecule has 2 heterocycles. The Morgan fingerprint density at radius 2 is 1.74 bits per heavy atom. The van der Waals surface area contributed by atoms with Gasteiger partial charge in [-0.1, -0.05) is 18.2 Å². The van der Waals surface area contributed by atoms with Crippen molar-refractivity contribution in [3.8, 4) is 5.69 Å². The van der Waals surface area contributed by atoms with Gasteiger partial charge in [-0.05, 0) is 12.1 Å². The van der Waals surface area contributed by atoms with Gasteiger partial charge in [0.25, 0.3) is 11.8 Å². The molecule has 7 heteroatoms. The maximum absolute atomic E-state index is 11.9. The van der Waals surface area contributed by atoms with Crippen LogP contribution in [0.5, 0.6) is 0 Å². The van der Waals surface area contributed by atoms with Crippen molar-refractivity contribution in [2.45, 2.75) is 0 Å². The van der Waals surface area contributed by atoms with Crippen LogP contribution in [0, 0.1) is 0 Å². The van der Waals surface area contributed by atoms with Gasteiger partial charge in [0.2, 0.25) is 0 Å². The third-order valence-corrected chi connectivity index (χ3v) is 2.82. The number of aromatic nitrogens is 2. The van der Waals surface area contributed by atoms with Crippen LogP contribution in [0.3, 0.4) is 0 Å². The maximum atomic E-state index is 11.9. The van der Waals surface area contributed by atoms with Gasteiger partial charge >= 0.3 is 5.69 Å². The molecule has 2 amide bonds. The summed E-state index contributed by atoms with van der Waals surface area (Å²) in [6.45, 7) is 0. The maximum Gasteiger partial charge on any atom is 0.354 e. The van der Waals surface area contributed by atoms with Crippen LogP contribution in [0.4, 0.5) is 5.82 Å². The predicted molar refractivity (Wildman–Crippen MR) is 66.0 cm³/mol. The quantitative estimate of drug-likeness (QED) is 0.681. The highest BCUT2D eigenvalue weighted by Crippen LogP contribution is 2.20. The average Bonchev–Trinajstić information content (AvgIpc) is 2.66. The molecule has 1 aromatic heterocycles. The van der Waals surface area contributed by atoms with Crippen LogP contribution in [0.15, 0.2) is 35.1 Å². The number of hydrogen-bond donors (Lipinski definition) is 2. The highest BCUT2D eigenvalue weighted by Gasteiger charge is 2.33. The monoisotopic (exact) mass is 256 g/mol. The van der Waals surface area contributed by atoms with Crippen LogP contribution in [0.2, 0.25) is 0 Å². The zero-order valence-electron chi connectivity index (χ0n) is 9.58. The lowest BCUT2D eigenvalue weighted by molar-refractivity contribution is 0.0878. The van der Waals surface area contributed by atoms with E-state index in [2.05, 4.69) is 10.3 Å².